The van der Waals surface area contributed by atoms with Crippen LogP contribution >= 0.6 is 0 Å². The summed E-state index contributed by atoms with van der Waals surface area (Å²) in [6.45, 7) is -0.420. The number of amides is 2. The van der Waals surface area contributed by atoms with Crippen LogP contribution in [0.3, 0.4) is 0 Å². The molecule has 0 aromatic carbocycles. The molecule has 0 radical (unpaired) electrons. The first-order valence-electron chi connectivity index (χ1n) is 5.89. The van der Waals surface area contributed by atoms with Crippen LogP contribution in [0.4, 0.5) is 0 Å². The summed E-state index contributed by atoms with van der Waals surface area (Å²) in [5, 5.41) is 0.748. The van der Waals surface area contributed by atoms with Crippen molar-refractivity contribution in [1.82, 2.24) is 5.06 Å². The van der Waals surface area contributed by atoms with Gasteiger partial charge in [-0.3, -0.25) is 14.4 Å². The fourth-order valence-electron chi connectivity index (χ4n) is 3.18. The van der Waals surface area contributed by atoms with Crippen LogP contribution in [0.2, 0.25) is 0 Å². The summed E-state index contributed by atoms with van der Waals surface area (Å²) in [4.78, 5) is 40.1. The first-order chi connectivity index (χ1) is 8.63. The quantitative estimate of drug-likeness (QED) is 0.398. The van der Waals surface area contributed by atoms with Crippen molar-refractivity contribution in [2.45, 2.75) is 6.42 Å². The van der Waals surface area contributed by atoms with Crippen molar-refractivity contribution < 1.29 is 24.0 Å². The lowest BCUT2D eigenvalue weighted by molar-refractivity contribution is -0.195. The third-order valence-electron chi connectivity index (χ3n) is 3.97. The van der Waals surface area contributed by atoms with Crippen LogP contribution in [0, 0.1) is 23.7 Å². The first kappa shape index (κ1) is 11.4. The Morgan fingerprint density at radius 3 is 2.33 bits per heavy atom. The molecule has 1 saturated heterocycles. The molecule has 0 aromatic heterocycles. The molecule has 3 rings (SSSR count). The minimum Gasteiger partial charge on any atom is -0.467 e. The van der Waals surface area contributed by atoms with Crippen LogP contribution in [0.15, 0.2) is 12.2 Å². The Balaban J connectivity index is 1.74. The maximum atomic E-state index is 12.1. The molecule has 1 heterocycles. The number of esters is 1. The molecular weight excluding hydrogens is 238 g/mol. The van der Waals surface area contributed by atoms with E-state index in [4.69, 9.17) is 4.84 Å². The average Bonchev–Trinajstić information content (AvgIpc) is 3.02. The third kappa shape index (κ3) is 1.42. The first-order valence-corrected chi connectivity index (χ1v) is 5.89. The van der Waals surface area contributed by atoms with Gasteiger partial charge in [0.2, 0.25) is 0 Å². The van der Waals surface area contributed by atoms with Crippen molar-refractivity contribution in [3.8, 4) is 0 Å². The second-order valence-electron chi connectivity index (χ2n) is 4.82. The molecule has 96 valence electrons. The molecule has 3 aliphatic rings. The van der Waals surface area contributed by atoms with Gasteiger partial charge < -0.3 is 4.74 Å². The highest BCUT2D eigenvalue weighted by Crippen LogP contribution is 2.52. The van der Waals surface area contributed by atoms with E-state index in [0.717, 1.165) is 11.5 Å². The topological polar surface area (TPSA) is 72.9 Å². The van der Waals surface area contributed by atoms with Crippen molar-refractivity contribution in [2.24, 2.45) is 23.7 Å². The molecule has 6 nitrogen and oxygen atoms in total. The molecule has 2 amide bonds. The van der Waals surface area contributed by atoms with Crippen LogP contribution < -0.4 is 0 Å². The van der Waals surface area contributed by atoms with Gasteiger partial charge in [0, 0.05) is 0 Å². The molecule has 4 unspecified atom stereocenters. The number of ether oxygens (including phenoxy) is 1. The van der Waals surface area contributed by atoms with E-state index in [2.05, 4.69) is 4.74 Å². The number of imide groups is 1. The Morgan fingerprint density at radius 1 is 1.28 bits per heavy atom. The maximum Gasteiger partial charge on any atom is 0.334 e. The summed E-state index contributed by atoms with van der Waals surface area (Å²) in [7, 11) is 1.22. The summed E-state index contributed by atoms with van der Waals surface area (Å²) in [5.41, 5.74) is 0. The van der Waals surface area contributed by atoms with Crippen LogP contribution in [0.25, 0.3) is 0 Å². The number of fused-ring (bicyclic) bond motifs is 5. The standard InChI is InChI=1S/C12H13NO5/c1-17-8(14)5-18-13-11(15)9-6-2-3-7(4-6)10(9)12(13)16/h2-3,6-7,9-10H,4-5H2,1H3. The van der Waals surface area contributed by atoms with E-state index >= 15 is 0 Å². The van der Waals surface area contributed by atoms with Gasteiger partial charge in [-0.25, -0.2) is 4.79 Å². The summed E-state index contributed by atoms with van der Waals surface area (Å²) < 4.78 is 4.40. The zero-order chi connectivity index (χ0) is 12.9. The van der Waals surface area contributed by atoms with E-state index in [0.29, 0.717) is 0 Å². The monoisotopic (exact) mass is 251 g/mol. The fourth-order valence-corrected chi connectivity index (χ4v) is 3.18. The highest BCUT2D eigenvalue weighted by Gasteiger charge is 2.60. The Hall–Kier alpha value is -1.69. The SMILES string of the molecule is COC(=O)CON1C(=O)C2C3C=CC(C3)C2C1=O. The van der Waals surface area contributed by atoms with E-state index < -0.39 is 12.6 Å². The molecule has 1 saturated carbocycles. The Bertz CT molecular complexity index is 427. The summed E-state index contributed by atoms with van der Waals surface area (Å²) in [5.74, 6) is -1.59. The minimum atomic E-state index is -0.617. The molecule has 2 bridgehead atoms. The lowest BCUT2D eigenvalue weighted by Gasteiger charge is -2.15. The van der Waals surface area contributed by atoms with Gasteiger partial charge in [-0.05, 0) is 18.3 Å². The van der Waals surface area contributed by atoms with Gasteiger partial charge in [0.15, 0.2) is 6.61 Å². The second-order valence-corrected chi connectivity index (χ2v) is 4.82. The highest BCUT2D eigenvalue weighted by molar-refractivity contribution is 6.05. The van der Waals surface area contributed by atoms with Crippen LogP contribution in [0.1, 0.15) is 6.42 Å². The molecule has 4 atom stereocenters. The predicted molar refractivity (Wildman–Crippen MR) is 57.5 cm³/mol. The van der Waals surface area contributed by atoms with Gasteiger partial charge in [0.25, 0.3) is 11.8 Å². The lowest BCUT2D eigenvalue weighted by atomic mass is 9.85. The average molecular weight is 251 g/mol. The molecule has 2 aliphatic carbocycles. The van der Waals surface area contributed by atoms with Gasteiger partial charge in [0.1, 0.15) is 0 Å². The van der Waals surface area contributed by atoms with E-state index in [1.165, 1.54) is 7.11 Å². The second kappa shape index (κ2) is 3.91. The third-order valence-corrected chi connectivity index (χ3v) is 3.97. The van der Waals surface area contributed by atoms with Gasteiger partial charge in [-0.15, -0.1) is 0 Å². The van der Waals surface area contributed by atoms with Crippen molar-refractivity contribution >= 4 is 17.8 Å². The van der Waals surface area contributed by atoms with Crippen LogP contribution in [-0.4, -0.2) is 36.6 Å². The molecule has 1 aliphatic heterocycles. The van der Waals surface area contributed by atoms with Gasteiger partial charge in [-0.1, -0.05) is 12.2 Å². The lowest BCUT2D eigenvalue weighted by Crippen LogP contribution is -2.35. The van der Waals surface area contributed by atoms with Crippen molar-refractivity contribution in [3.63, 3.8) is 0 Å². The van der Waals surface area contributed by atoms with Gasteiger partial charge >= 0.3 is 5.97 Å². The number of allylic oxidation sites excluding steroid dienone is 2. The smallest absolute Gasteiger partial charge is 0.334 e. The highest BCUT2D eigenvalue weighted by atomic mass is 16.7. The molecule has 18 heavy (non-hydrogen) atoms. The van der Waals surface area contributed by atoms with E-state index in [9.17, 15) is 14.4 Å². The van der Waals surface area contributed by atoms with Crippen molar-refractivity contribution in [3.05, 3.63) is 12.2 Å². The molecular formula is C12H13NO5. The Morgan fingerprint density at radius 2 is 1.83 bits per heavy atom. The van der Waals surface area contributed by atoms with E-state index in [-0.39, 0.29) is 35.5 Å². The number of carbonyl (C=O) groups is 3. The number of carbonyl (C=O) groups excluding carboxylic acids is 3. The number of nitrogens with zero attached hydrogens (tertiary/aromatic N) is 1. The summed E-state index contributed by atoms with van der Waals surface area (Å²) in [6, 6.07) is 0. The number of hydrogen-bond donors (Lipinski definition) is 0. The number of rotatable bonds is 3. The fraction of sp³-hybridized carbons (Fsp3) is 0.583. The van der Waals surface area contributed by atoms with Crippen LogP contribution in [0.5, 0.6) is 0 Å². The number of hydrogen-bond acceptors (Lipinski definition) is 5. The van der Waals surface area contributed by atoms with Crippen LogP contribution in [-0.2, 0) is 24.0 Å². The summed E-state index contributed by atoms with van der Waals surface area (Å²) in [6.07, 6.45) is 4.87. The van der Waals surface area contributed by atoms with Gasteiger partial charge in [-0.2, -0.15) is 5.06 Å². The largest absolute Gasteiger partial charge is 0.467 e. The summed E-state index contributed by atoms with van der Waals surface area (Å²) >= 11 is 0. The predicted octanol–water partition coefficient (Wildman–Crippen LogP) is -0.102. The van der Waals surface area contributed by atoms with Crippen molar-refractivity contribution in [1.29, 1.82) is 0 Å². The molecule has 0 N–H and O–H groups in total. The maximum absolute atomic E-state index is 12.1. The molecule has 6 heteroatoms. The molecule has 2 fully saturated rings. The number of hydroxylamine groups is 2. The number of methoxy groups -OCH3 is 1. The molecule has 0 spiro atoms. The Labute approximate surface area is 103 Å². The normalized spacial score (nSPS) is 36.4. The minimum absolute atomic E-state index is 0.142. The van der Waals surface area contributed by atoms with E-state index in [1.807, 2.05) is 12.2 Å². The zero-order valence-corrected chi connectivity index (χ0v) is 9.87. The Kier molecular flexibility index (Phi) is 2.48. The van der Waals surface area contributed by atoms with Crippen molar-refractivity contribution in [2.75, 3.05) is 13.7 Å². The molecule has 0 aromatic rings. The zero-order valence-electron chi connectivity index (χ0n) is 9.87. The van der Waals surface area contributed by atoms with E-state index in [1.54, 1.807) is 0 Å². The van der Waals surface area contributed by atoms with Gasteiger partial charge in [0.05, 0.1) is 18.9 Å².